The molecule has 0 radical (unpaired) electrons. The highest BCUT2D eigenvalue weighted by Crippen LogP contribution is 2.25. The van der Waals surface area contributed by atoms with Gasteiger partial charge in [0.2, 0.25) is 0 Å². The Bertz CT molecular complexity index is 931. The van der Waals surface area contributed by atoms with Crippen LogP contribution in [-0.2, 0) is 13.0 Å². The van der Waals surface area contributed by atoms with Crippen LogP contribution in [0.3, 0.4) is 0 Å². The smallest absolute Gasteiger partial charge is 0.256 e. The maximum absolute atomic E-state index is 13.0. The Morgan fingerprint density at radius 2 is 2.04 bits per heavy atom. The Hall–Kier alpha value is -2.56. The largest absolute Gasteiger partial charge is 0.360 e. The predicted octanol–water partition coefficient (Wildman–Crippen LogP) is 4.18. The normalized spacial score (nSPS) is 15.6. The topological polar surface area (TPSA) is 53.9 Å². The third-order valence-electron chi connectivity index (χ3n) is 5.78. The first kappa shape index (κ1) is 17.8. The lowest BCUT2D eigenvalue weighted by molar-refractivity contribution is 0.0691. The molecule has 1 saturated heterocycles. The van der Waals surface area contributed by atoms with Gasteiger partial charge in [0, 0.05) is 55.0 Å². The van der Waals surface area contributed by atoms with Crippen LogP contribution >= 0.6 is 0 Å². The van der Waals surface area contributed by atoms with E-state index in [2.05, 4.69) is 28.4 Å². The van der Waals surface area contributed by atoms with Crippen molar-refractivity contribution in [1.29, 1.82) is 0 Å². The summed E-state index contributed by atoms with van der Waals surface area (Å²) in [4.78, 5) is 22.8. The van der Waals surface area contributed by atoms with Crippen LogP contribution in [0.2, 0.25) is 0 Å². The molecule has 4 rings (SSSR count). The van der Waals surface area contributed by atoms with E-state index in [4.69, 9.17) is 0 Å². The van der Waals surface area contributed by atoms with Crippen LogP contribution < -0.4 is 0 Å². The molecule has 1 N–H and O–H groups in total. The molecular weight excluding hydrogens is 336 g/mol. The third kappa shape index (κ3) is 3.51. The number of likely N-dealkylation sites (tertiary alicyclic amines) is 1. The third-order valence-corrected chi connectivity index (χ3v) is 5.78. The zero-order valence-corrected chi connectivity index (χ0v) is 16.2. The highest BCUT2D eigenvalue weighted by Gasteiger charge is 2.26. The summed E-state index contributed by atoms with van der Waals surface area (Å²) in [6, 6.07) is 8.00. The molecule has 0 bridgehead atoms. The van der Waals surface area contributed by atoms with Crippen LogP contribution in [0.25, 0.3) is 10.9 Å². The molecule has 27 heavy (non-hydrogen) atoms. The van der Waals surface area contributed by atoms with Gasteiger partial charge in [-0.15, -0.1) is 0 Å². The molecule has 3 heterocycles. The Balaban J connectivity index is 1.40. The second-order valence-corrected chi connectivity index (χ2v) is 7.66. The van der Waals surface area contributed by atoms with Crippen molar-refractivity contribution in [2.75, 3.05) is 13.1 Å². The summed E-state index contributed by atoms with van der Waals surface area (Å²) in [5.74, 6) is 1.96. The Morgan fingerprint density at radius 1 is 1.26 bits per heavy atom. The molecule has 0 unspecified atom stereocenters. The van der Waals surface area contributed by atoms with Gasteiger partial charge in [0.15, 0.2) is 0 Å². The summed E-state index contributed by atoms with van der Waals surface area (Å²) >= 11 is 0. The first-order valence-electron chi connectivity index (χ1n) is 10.0. The van der Waals surface area contributed by atoms with Crippen LogP contribution in [-0.4, -0.2) is 38.4 Å². The lowest BCUT2D eigenvalue weighted by Gasteiger charge is -2.32. The van der Waals surface area contributed by atoms with E-state index in [1.165, 1.54) is 11.5 Å². The van der Waals surface area contributed by atoms with E-state index >= 15 is 0 Å². The number of imidazole rings is 1. The van der Waals surface area contributed by atoms with Gasteiger partial charge in [0.1, 0.15) is 5.82 Å². The van der Waals surface area contributed by atoms with Crippen LogP contribution in [0.4, 0.5) is 0 Å². The molecule has 1 amide bonds. The number of benzene rings is 1. The summed E-state index contributed by atoms with van der Waals surface area (Å²) in [6.45, 7) is 7.04. The van der Waals surface area contributed by atoms with Gasteiger partial charge in [-0.2, -0.15) is 0 Å². The lowest BCUT2D eigenvalue weighted by atomic mass is 9.92. The average molecular weight is 364 g/mol. The lowest BCUT2D eigenvalue weighted by Crippen LogP contribution is -2.39. The molecule has 2 aromatic heterocycles. The van der Waals surface area contributed by atoms with Gasteiger partial charge >= 0.3 is 0 Å². The number of hydrogen-bond donors (Lipinski definition) is 1. The molecule has 3 aromatic rings. The number of aromatic amines is 1. The van der Waals surface area contributed by atoms with Crippen LogP contribution in [0.1, 0.15) is 48.1 Å². The van der Waals surface area contributed by atoms with E-state index in [1.807, 2.05) is 41.6 Å². The summed E-state index contributed by atoms with van der Waals surface area (Å²) in [5, 5.41) is 1.02. The van der Waals surface area contributed by atoms with Crippen molar-refractivity contribution in [2.24, 2.45) is 5.92 Å². The van der Waals surface area contributed by atoms with Crippen molar-refractivity contribution in [3.05, 3.63) is 53.7 Å². The first-order chi connectivity index (χ1) is 13.2. The minimum absolute atomic E-state index is 0.147. The summed E-state index contributed by atoms with van der Waals surface area (Å²) in [5.41, 5.74) is 3.06. The number of aryl methyl sites for hydroxylation is 1. The monoisotopic (exact) mass is 364 g/mol. The van der Waals surface area contributed by atoms with E-state index in [9.17, 15) is 4.79 Å². The number of H-pyrrole nitrogens is 1. The van der Waals surface area contributed by atoms with E-state index in [-0.39, 0.29) is 5.91 Å². The minimum Gasteiger partial charge on any atom is -0.360 e. The SMILES string of the molecule is CCCn1c(C)cnc1CC1CCN(C(=O)c2c[nH]c3ccccc23)CC1. The molecule has 142 valence electrons. The van der Waals surface area contributed by atoms with Crippen LogP contribution in [0.5, 0.6) is 0 Å². The number of para-hydroxylation sites is 1. The van der Waals surface area contributed by atoms with Gasteiger partial charge in [-0.1, -0.05) is 25.1 Å². The van der Waals surface area contributed by atoms with Crippen LogP contribution in [0, 0.1) is 12.8 Å². The van der Waals surface area contributed by atoms with Crippen molar-refractivity contribution >= 4 is 16.8 Å². The predicted molar refractivity (Wildman–Crippen MR) is 108 cm³/mol. The fourth-order valence-electron chi connectivity index (χ4n) is 4.22. The molecule has 0 atom stereocenters. The molecule has 0 aliphatic carbocycles. The van der Waals surface area contributed by atoms with Gasteiger partial charge in [0.25, 0.3) is 5.91 Å². The fraction of sp³-hybridized carbons (Fsp3) is 0.455. The second-order valence-electron chi connectivity index (χ2n) is 7.66. The van der Waals surface area contributed by atoms with Gasteiger partial charge in [-0.25, -0.2) is 4.98 Å². The Labute approximate surface area is 160 Å². The number of nitrogens with zero attached hydrogens (tertiary/aromatic N) is 3. The van der Waals surface area contributed by atoms with E-state index < -0.39 is 0 Å². The number of hydrogen-bond acceptors (Lipinski definition) is 2. The molecule has 1 fully saturated rings. The minimum atomic E-state index is 0.147. The molecule has 5 heteroatoms. The van der Waals surface area contributed by atoms with E-state index in [1.54, 1.807) is 0 Å². The van der Waals surface area contributed by atoms with E-state index in [0.717, 1.165) is 61.8 Å². The number of fused-ring (bicyclic) bond motifs is 1. The van der Waals surface area contributed by atoms with Gasteiger partial charge in [0.05, 0.1) is 5.56 Å². The summed E-state index contributed by atoms with van der Waals surface area (Å²) < 4.78 is 2.35. The van der Waals surface area contributed by atoms with Crippen molar-refractivity contribution in [3.63, 3.8) is 0 Å². The summed E-state index contributed by atoms with van der Waals surface area (Å²) in [7, 11) is 0. The molecule has 0 spiro atoms. The Morgan fingerprint density at radius 3 is 2.81 bits per heavy atom. The number of carbonyl (C=O) groups excluding carboxylic acids is 1. The molecule has 1 aliphatic rings. The highest BCUT2D eigenvalue weighted by atomic mass is 16.2. The average Bonchev–Trinajstić information content (AvgIpc) is 3.27. The quantitative estimate of drug-likeness (QED) is 0.738. The first-order valence-corrected chi connectivity index (χ1v) is 10.0. The van der Waals surface area contributed by atoms with Crippen molar-refractivity contribution in [2.45, 2.75) is 46.1 Å². The fourth-order valence-corrected chi connectivity index (χ4v) is 4.22. The van der Waals surface area contributed by atoms with E-state index in [0.29, 0.717) is 5.92 Å². The molecule has 1 aliphatic heterocycles. The highest BCUT2D eigenvalue weighted by molar-refractivity contribution is 6.06. The van der Waals surface area contributed by atoms with Crippen LogP contribution in [0.15, 0.2) is 36.7 Å². The van der Waals surface area contributed by atoms with Gasteiger partial charge in [-0.05, 0) is 38.2 Å². The number of amides is 1. The number of nitrogens with one attached hydrogen (secondary N) is 1. The molecular formula is C22H28N4O. The maximum atomic E-state index is 13.0. The number of piperidine rings is 1. The standard InChI is InChI=1S/C22H28N4O/c1-3-10-26-16(2)14-24-21(26)13-17-8-11-25(12-9-17)22(27)19-15-23-20-7-5-4-6-18(19)20/h4-7,14-15,17,23H,3,8-13H2,1-2H3. The number of rotatable bonds is 5. The van der Waals surface area contributed by atoms with Gasteiger partial charge in [-0.3, -0.25) is 4.79 Å². The van der Waals surface area contributed by atoms with Crippen molar-refractivity contribution < 1.29 is 4.79 Å². The zero-order valence-electron chi connectivity index (χ0n) is 16.2. The second kappa shape index (κ2) is 7.59. The van der Waals surface area contributed by atoms with Gasteiger partial charge < -0.3 is 14.5 Å². The molecule has 1 aromatic carbocycles. The maximum Gasteiger partial charge on any atom is 0.256 e. The van der Waals surface area contributed by atoms with Crippen molar-refractivity contribution in [1.82, 2.24) is 19.4 Å². The van der Waals surface area contributed by atoms with Crippen molar-refractivity contribution in [3.8, 4) is 0 Å². The molecule has 5 nitrogen and oxygen atoms in total. The summed E-state index contributed by atoms with van der Waals surface area (Å²) in [6.07, 6.45) is 8.08. The zero-order chi connectivity index (χ0) is 18.8. The number of carbonyl (C=O) groups is 1. The molecule has 0 saturated carbocycles. The Kier molecular flexibility index (Phi) is 5.01. The number of aromatic nitrogens is 3.